The van der Waals surface area contributed by atoms with Crippen molar-refractivity contribution in [3.63, 3.8) is 0 Å². The molecule has 3 rings (SSSR count). The number of carbonyl (C=O) groups is 2. The number of rotatable bonds is 4. The molecule has 0 saturated heterocycles. The van der Waals surface area contributed by atoms with Crippen LogP contribution in [-0.4, -0.2) is 33.0 Å². The number of imide groups is 1. The molecule has 0 radical (unpaired) electrons. The normalized spacial score (nSPS) is 15.5. The first kappa shape index (κ1) is 16.4. The lowest BCUT2D eigenvalue weighted by atomic mass is 9.86. The zero-order valence-electron chi connectivity index (χ0n) is 14.5. The van der Waals surface area contributed by atoms with Gasteiger partial charge in [0, 0.05) is 31.0 Å². The third-order valence-electron chi connectivity index (χ3n) is 4.38. The Balaban J connectivity index is 1.69. The summed E-state index contributed by atoms with van der Waals surface area (Å²) < 4.78 is 1.94. The van der Waals surface area contributed by atoms with Crippen LogP contribution in [0.1, 0.15) is 39.2 Å². The molecule has 1 aromatic heterocycles. The molecule has 2 amide bonds. The lowest BCUT2D eigenvalue weighted by Gasteiger charge is -2.21. The van der Waals surface area contributed by atoms with E-state index in [0.29, 0.717) is 25.9 Å². The first-order valence-corrected chi connectivity index (χ1v) is 8.33. The van der Waals surface area contributed by atoms with Gasteiger partial charge in [0.1, 0.15) is 0 Å². The van der Waals surface area contributed by atoms with E-state index < -0.39 is 0 Å². The number of hydrogen-bond acceptors (Lipinski definition) is 3. The van der Waals surface area contributed by atoms with E-state index in [9.17, 15) is 9.59 Å². The van der Waals surface area contributed by atoms with Crippen LogP contribution in [0.2, 0.25) is 0 Å². The molecule has 0 N–H and O–H groups in total. The van der Waals surface area contributed by atoms with E-state index in [2.05, 4.69) is 44.1 Å². The minimum Gasteiger partial charge on any atom is -0.279 e. The van der Waals surface area contributed by atoms with Crippen LogP contribution in [0.25, 0.3) is 10.9 Å². The second-order valence-electron chi connectivity index (χ2n) is 7.23. The molecule has 0 aliphatic carbocycles. The molecule has 0 spiro atoms. The maximum Gasteiger partial charge on any atom is 0.252 e. The zero-order chi connectivity index (χ0) is 17.3. The Kier molecular flexibility index (Phi) is 4.26. The fourth-order valence-corrected chi connectivity index (χ4v) is 2.93. The number of aryl methyl sites for hydroxylation is 1. The topological polar surface area (TPSA) is 55.2 Å². The van der Waals surface area contributed by atoms with Gasteiger partial charge in [0.25, 0.3) is 5.91 Å². The monoisotopic (exact) mass is 325 g/mol. The fraction of sp³-hybridized carbons (Fsp3) is 0.421. The molecule has 126 valence electrons. The Morgan fingerprint density at radius 1 is 1.17 bits per heavy atom. The molecule has 0 bridgehead atoms. The molecular formula is C19H23N3O2. The summed E-state index contributed by atoms with van der Waals surface area (Å²) >= 11 is 0. The number of aromatic nitrogens is 2. The lowest BCUT2D eigenvalue weighted by molar-refractivity contribution is -0.142. The van der Waals surface area contributed by atoms with Crippen molar-refractivity contribution < 1.29 is 9.59 Å². The highest BCUT2D eigenvalue weighted by Crippen LogP contribution is 2.26. The zero-order valence-corrected chi connectivity index (χ0v) is 14.5. The van der Waals surface area contributed by atoms with Gasteiger partial charge < -0.3 is 0 Å². The molecule has 24 heavy (non-hydrogen) atoms. The van der Waals surface area contributed by atoms with Gasteiger partial charge in [-0.15, -0.1) is 0 Å². The molecule has 1 aromatic carbocycles. The lowest BCUT2D eigenvalue weighted by Crippen LogP contribution is -2.38. The fourth-order valence-electron chi connectivity index (χ4n) is 2.93. The van der Waals surface area contributed by atoms with Gasteiger partial charge in [-0.25, -0.2) is 0 Å². The highest BCUT2D eigenvalue weighted by molar-refractivity contribution is 6.04. The standard InChI is InChI=1S/C19H23N3O2/c1-19(2,3)15-8-9-16-14(12-15)13-20-22(16)11-5-10-21-17(23)6-4-7-18(21)24/h4,6,8-9,12-13H,5,7,10-11H2,1-3H3. The van der Waals surface area contributed by atoms with Gasteiger partial charge in [-0.05, 0) is 29.5 Å². The van der Waals surface area contributed by atoms with E-state index in [1.165, 1.54) is 16.5 Å². The van der Waals surface area contributed by atoms with Gasteiger partial charge >= 0.3 is 0 Å². The van der Waals surface area contributed by atoms with Gasteiger partial charge in [-0.2, -0.15) is 5.10 Å². The van der Waals surface area contributed by atoms with Gasteiger partial charge in [-0.1, -0.05) is 32.9 Å². The minimum absolute atomic E-state index is 0.110. The number of nitrogens with zero attached hydrogens (tertiary/aromatic N) is 3. The van der Waals surface area contributed by atoms with Crippen LogP contribution in [0.3, 0.4) is 0 Å². The molecule has 0 atom stereocenters. The Labute approximate surface area is 141 Å². The Morgan fingerprint density at radius 3 is 2.67 bits per heavy atom. The summed E-state index contributed by atoms with van der Waals surface area (Å²) in [5.41, 5.74) is 2.48. The predicted molar refractivity (Wildman–Crippen MR) is 93.5 cm³/mol. The van der Waals surface area contributed by atoms with E-state index in [4.69, 9.17) is 0 Å². The van der Waals surface area contributed by atoms with E-state index >= 15 is 0 Å². The van der Waals surface area contributed by atoms with Crippen LogP contribution >= 0.6 is 0 Å². The Morgan fingerprint density at radius 2 is 1.96 bits per heavy atom. The largest absolute Gasteiger partial charge is 0.279 e. The number of carbonyl (C=O) groups excluding carboxylic acids is 2. The highest BCUT2D eigenvalue weighted by atomic mass is 16.2. The van der Waals surface area contributed by atoms with E-state index in [-0.39, 0.29) is 17.2 Å². The Bertz CT molecular complexity index is 812. The summed E-state index contributed by atoms with van der Waals surface area (Å²) in [4.78, 5) is 24.8. The minimum atomic E-state index is -0.216. The van der Waals surface area contributed by atoms with Crippen LogP contribution in [0.4, 0.5) is 0 Å². The molecule has 0 saturated carbocycles. The van der Waals surface area contributed by atoms with E-state index in [1.807, 2.05) is 10.9 Å². The summed E-state index contributed by atoms with van der Waals surface area (Å²) in [6.07, 6.45) is 5.98. The predicted octanol–water partition coefficient (Wildman–Crippen LogP) is 3.04. The number of benzene rings is 1. The van der Waals surface area contributed by atoms with E-state index in [0.717, 1.165) is 10.9 Å². The highest BCUT2D eigenvalue weighted by Gasteiger charge is 2.21. The van der Waals surface area contributed by atoms with Crippen molar-refractivity contribution in [1.82, 2.24) is 14.7 Å². The summed E-state index contributed by atoms with van der Waals surface area (Å²) in [7, 11) is 0. The first-order chi connectivity index (χ1) is 11.4. The molecule has 1 aliphatic rings. The van der Waals surface area contributed by atoms with Gasteiger partial charge in [0.2, 0.25) is 5.91 Å². The third kappa shape index (κ3) is 3.25. The van der Waals surface area contributed by atoms with Crippen molar-refractivity contribution in [2.45, 2.75) is 45.6 Å². The maximum atomic E-state index is 11.8. The SMILES string of the molecule is CC(C)(C)c1ccc2c(cnn2CCCN2C(=O)C=CCC2=O)c1. The van der Waals surface area contributed by atoms with Crippen LogP contribution in [0, 0.1) is 0 Å². The molecule has 5 nitrogen and oxygen atoms in total. The average molecular weight is 325 g/mol. The quantitative estimate of drug-likeness (QED) is 0.812. The van der Waals surface area contributed by atoms with E-state index in [1.54, 1.807) is 6.08 Å². The molecule has 0 unspecified atom stereocenters. The molecule has 1 aliphatic heterocycles. The molecular weight excluding hydrogens is 302 g/mol. The average Bonchev–Trinajstić information content (AvgIpc) is 2.92. The van der Waals surface area contributed by atoms with Gasteiger partial charge in [0.05, 0.1) is 11.7 Å². The van der Waals surface area contributed by atoms with Gasteiger partial charge in [0.15, 0.2) is 0 Å². The van der Waals surface area contributed by atoms with Crippen LogP contribution in [0.15, 0.2) is 36.5 Å². The van der Waals surface area contributed by atoms with Crippen molar-refractivity contribution in [1.29, 1.82) is 0 Å². The first-order valence-electron chi connectivity index (χ1n) is 8.33. The Hall–Kier alpha value is -2.43. The van der Waals surface area contributed by atoms with Crippen LogP contribution in [-0.2, 0) is 21.5 Å². The summed E-state index contributed by atoms with van der Waals surface area (Å²) in [6.45, 7) is 7.70. The molecule has 2 aromatic rings. The second kappa shape index (κ2) is 6.23. The summed E-state index contributed by atoms with van der Waals surface area (Å²) in [6, 6.07) is 6.42. The number of amides is 2. The van der Waals surface area contributed by atoms with Crippen molar-refractivity contribution >= 4 is 22.7 Å². The molecule has 0 fully saturated rings. The molecule has 2 heterocycles. The van der Waals surface area contributed by atoms with Crippen molar-refractivity contribution in [2.24, 2.45) is 0 Å². The number of fused-ring (bicyclic) bond motifs is 1. The van der Waals surface area contributed by atoms with Crippen LogP contribution in [0.5, 0.6) is 0 Å². The smallest absolute Gasteiger partial charge is 0.252 e. The van der Waals surface area contributed by atoms with Crippen molar-refractivity contribution in [2.75, 3.05) is 6.54 Å². The summed E-state index contributed by atoms with van der Waals surface area (Å²) in [5.74, 6) is -0.339. The summed E-state index contributed by atoms with van der Waals surface area (Å²) in [5, 5.41) is 5.57. The second-order valence-corrected chi connectivity index (χ2v) is 7.23. The van der Waals surface area contributed by atoms with Crippen molar-refractivity contribution in [3.05, 3.63) is 42.1 Å². The van der Waals surface area contributed by atoms with Gasteiger partial charge in [-0.3, -0.25) is 19.2 Å². The van der Waals surface area contributed by atoms with Crippen molar-refractivity contribution in [3.8, 4) is 0 Å². The number of hydrogen-bond donors (Lipinski definition) is 0. The third-order valence-corrected chi connectivity index (χ3v) is 4.38. The van der Waals surface area contributed by atoms with Crippen LogP contribution < -0.4 is 0 Å². The molecule has 5 heteroatoms. The maximum absolute atomic E-state index is 11.8.